The first-order chi connectivity index (χ1) is 13.6. The van der Waals surface area contributed by atoms with E-state index >= 15 is 4.39 Å². The number of alkyl halides is 1. The van der Waals surface area contributed by atoms with Crippen molar-refractivity contribution >= 4 is 0 Å². The molecule has 1 aliphatic heterocycles. The van der Waals surface area contributed by atoms with Crippen molar-refractivity contribution in [2.24, 2.45) is 0 Å². The number of hydrogen-bond donors (Lipinski definition) is 0. The highest BCUT2D eigenvalue weighted by Crippen LogP contribution is 2.48. The molecule has 0 radical (unpaired) electrons. The lowest BCUT2D eigenvalue weighted by atomic mass is 9.79. The maximum Gasteiger partial charge on any atom is 0.183 e. The van der Waals surface area contributed by atoms with Crippen molar-refractivity contribution in [2.45, 2.75) is 31.5 Å². The highest BCUT2D eigenvalue weighted by molar-refractivity contribution is 5.41. The van der Waals surface area contributed by atoms with Gasteiger partial charge >= 0.3 is 0 Å². The molecule has 2 aromatic heterocycles. The van der Waals surface area contributed by atoms with E-state index in [-0.39, 0.29) is 5.82 Å². The molecule has 1 fully saturated rings. The molecule has 1 unspecified atom stereocenters. The average Bonchev–Trinajstić information content (AvgIpc) is 3.26. The van der Waals surface area contributed by atoms with E-state index in [1.54, 1.807) is 68.1 Å². The number of pyridine rings is 2. The van der Waals surface area contributed by atoms with E-state index in [1.807, 2.05) is 0 Å². The second kappa shape index (κ2) is 7.76. The lowest BCUT2D eigenvalue weighted by Gasteiger charge is -2.40. The van der Waals surface area contributed by atoms with Gasteiger partial charge in [0.05, 0.1) is 6.04 Å². The molecule has 0 aliphatic carbocycles. The molecule has 1 saturated heterocycles. The Morgan fingerprint density at radius 2 is 1.57 bits per heavy atom. The van der Waals surface area contributed by atoms with Crippen LogP contribution in [0.15, 0.2) is 67.3 Å². The number of hydrogen-bond acceptors (Lipinski definition) is 3. The van der Waals surface area contributed by atoms with E-state index < -0.39 is 11.7 Å². The summed E-state index contributed by atoms with van der Waals surface area (Å²) in [6, 6.07) is 11.3. The van der Waals surface area contributed by atoms with Crippen molar-refractivity contribution in [2.75, 3.05) is 13.1 Å². The summed E-state index contributed by atoms with van der Waals surface area (Å²) >= 11 is 0. The van der Waals surface area contributed by atoms with Gasteiger partial charge in [0, 0.05) is 35.9 Å². The van der Waals surface area contributed by atoms with Gasteiger partial charge in [0.2, 0.25) is 0 Å². The van der Waals surface area contributed by atoms with Crippen LogP contribution < -0.4 is 0 Å². The minimum absolute atomic E-state index is 0.281. The first-order valence-electron chi connectivity index (χ1n) is 9.60. The molecule has 3 heterocycles. The second-order valence-corrected chi connectivity index (χ2v) is 7.35. The first kappa shape index (κ1) is 18.7. The van der Waals surface area contributed by atoms with Gasteiger partial charge in [-0.2, -0.15) is 0 Å². The molecule has 0 spiro atoms. The first-order valence-corrected chi connectivity index (χ1v) is 9.60. The number of halogens is 2. The smallest absolute Gasteiger partial charge is 0.183 e. The van der Waals surface area contributed by atoms with Gasteiger partial charge in [-0.1, -0.05) is 24.3 Å². The number of benzene rings is 1. The molecule has 3 nitrogen and oxygen atoms in total. The Morgan fingerprint density at radius 3 is 2.07 bits per heavy atom. The van der Waals surface area contributed by atoms with E-state index in [0.717, 1.165) is 31.5 Å². The van der Waals surface area contributed by atoms with Crippen LogP contribution in [-0.2, 0) is 5.67 Å². The maximum atomic E-state index is 17.3. The van der Waals surface area contributed by atoms with E-state index in [0.29, 0.717) is 16.7 Å². The Kier molecular flexibility index (Phi) is 5.18. The summed E-state index contributed by atoms with van der Waals surface area (Å²) in [5.74, 6) is -0.281. The van der Waals surface area contributed by atoms with Gasteiger partial charge in [-0.15, -0.1) is 0 Å². The van der Waals surface area contributed by atoms with Gasteiger partial charge in [0.25, 0.3) is 0 Å². The number of likely N-dealkylation sites (tertiary alicyclic amines) is 1. The topological polar surface area (TPSA) is 29.0 Å². The Labute approximate surface area is 164 Å². The highest BCUT2D eigenvalue weighted by Gasteiger charge is 2.47. The summed E-state index contributed by atoms with van der Waals surface area (Å²) in [7, 11) is 0. The monoisotopic (exact) mass is 379 g/mol. The number of nitrogens with zero attached hydrogens (tertiary/aromatic N) is 3. The minimum Gasteiger partial charge on any atom is -0.293 e. The fourth-order valence-corrected chi connectivity index (χ4v) is 4.17. The van der Waals surface area contributed by atoms with Crippen molar-refractivity contribution in [3.8, 4) is 0 Å². The summed E-state index contributed by atoms with van der Waals surface area (Å²) < 4.78 is 31.2. The standard InChI is InChI=1S/C23H23F2N3/c1-17-14-18(8-9-21(17)24)22(28-12-2-3-13-28)23(25,19-6-4-10-26-15-19)20-7-5-11-27-16-20/h4-11,14-16,22H,2-3,12-13H2,1H3. The van der Waals surface area contributed by atoms with Gasteiger partial charge in [-0.3, -0.25) is 14.9 Å². The van der Waals surface area contributed by atoms with Crippen LogP contribution in [0, 0.1) is 12.7 Å². The molecule has 5 heteroatoms. The molecule has 0 N–H and O–H groups in total. The van der Waals surface area contributed by atoms with Crippen LogP contribution in [0.2, 0.25) is 0 Å². The zero-order chi connectivity index (χ0) is 19.6. The van der Waals surface area contributed by atoms with Crippen LogP contribution in [0.25, 0.3) is 0 Å². The number of aryl methyl sites for hydroxylation is 1. The van der Waals surface area contributed by atoms with Crippen LogP contribution >= 0.6 is 0 Å². The average molecular weight is 379 g/mol. The van der Waals surface area contributed by atoms with E-state index in [2.05, 4.69) is 14.9 Å². The van der Waals surface area contributed by atoms with Crippen molar-refractivity contribution in [3.05, 3.63) is 95.3 Å². The maximum absolute atomic E-state index is 17.3. The van der Waals surface area contributed by atoms with Crippen molar-refractivity contribution in [1.82, 2.24) is 14.9 Å². The van der Waals surface area contributed by atoms with Crippen LogP contribution in [0.5, 0.6) is 0 Å². The van der Waals surface area contributed by atoms with E-state index in [4.69, 9.17) is 0 Å². The predicted molar refractivity (Wildman–Crippen MR) is 105 cm³/mol. The zero-order valence-corrected chi connectivity index (χ0v) is 15.9. The quantitative estimate of drug-likeness (QED) is 0.626. The van der Waals surface area contributed by atoms with Crippen LogP contribution in [0.3, 0.4) is 0 Å². The summed E-state index contributed by atoms with van der Waals surface area (Å²) in [6.45, 7) is 3.31. The molecule has 3 aromatic rings. The SMILES string of the molecule is Cc1cc(C(N2CCCC2)C(F)(c2cccnc2)c2cccnc2)ccc1F. The van der Waals surface area contributed by atoms with Gasteiger partial charge < -0.3 is 0 Å². The molecule has 1 atom stereocenters. The third kappa shape index (κ3) is 3.31. The van der Waals surface area contributed by atoms with E-state index in [9.17, 15) is 4.39 Å². The molecule has 1 aliphatic rings. The molecule has 0 amide bonds. The molecule has 28 heavy (non-hydrogen) atoms. The third-order valence-electron chi connectivity index (χ3n) is 5.54. The fraction of sp³-hybridized carbons (Fsp3) is 0.304. The summed E-state index contributed by atoms with van der Waals surface area (Å²) in [5, 5.41) is 0. The Bertz CT molecular complexity index is 886. The Hall–Kier alpha value is -2.66. The van der Waals surface area contributed by atoms with Crippen LogP contribution in [-0.4, -0.2) is 28.0 Å². The van der Waals surface area contributed by atoms with Crippen molar-refractivity contribution < 1.29 is 8.78 Å². The molecular weight excluding hydrogens is 356 g/mol. The van der Waals surface area contributed by atoms with Crippen LogP contribution in [0.4, 0.5) is 8.78 Å². The van der Waals surface area contributed by atoms with Gasteiger partial charge in [0.1, 0.15) is 5.82 Å². The lowest BCUT2D eigenvalue weighted by molar-refractivity contribution is 0.0643. The Balaban J connectivity index is 1.94. The van der Waals surface area contributed by atoms with Gasteiger partial charge in [-0.05, 0) is 62.2 Å². The van der Waals surface area contributed by atoms with Crippen molar-refractivity contribution in [3.63, 3.8) is 0 Å². The van der Waals surface area contributed by atoms with Crippen molar-refractivity contribution in [1.29, 1.82) is 0 Å². The molecule has 4 rings (SSSR count). The largest absolute Gasteiger partial charge is 0.293 e. The highest BCUT2D eigenvalue weighted by atomic mass is 19.1. The number of aromatic nitrogens is 2. The summed E-state index contributed by atoms with van der Waals surface area (Å²) in [4.78, 5) is 10.5. The molecule has 1 aromatic carbocycles. The van der Waals surface area contributed by atoms with Crippen LogP contribution in [0.1, 0.15) is 41.1 Å². The predicted octanol–water partition coefficient (Wildman–Crippen LogP) is 4.97. The minimum atomic E-state index is -1.86. The summed E-state index contributed by atoms with van der Waals surface area (Å²) in [5.41, 5.74) is 0.359. The molecular formula is C23H23F2N3. The van der Waals surface area contributed by atoms with Gasteiger partial charge in [-0.25, -0.2) is 8.78 Å². The second-order valence-electron chi connectivity index (χ2n) is 7.35. The zero-order valence-electron chi connectivity index (χ0n) is 15.9. The van der Waals surface area contributed by atoms with Gasteiger partial charge in [0.15, 0.2) is 5.67 Å². The Morgan fingerprint density at radius 1 is 0.964 bits per heavy atom. The fourth-order valence-electron chi connectivity index (χ4n) is 4.17. The summed E-state index contributed by atoms with van der Waals surface area (Å²) in [6.07, 6.45) is 8.47. The molecule has 0 bridgehead atoms. The normalized spacial score (nSPS) is 16.2. The third-order valence-corrected chi connectivity index (χ3v) is 5.54. The molecule has 0 saturated carbocycles. The lowest BCUT2D eigenvalue weighted by Crippen LogP contribution is -2.41. The van der Waals surface area contributed by atoms with E-state index in [1.165, 1.54) is 6.07 Å². The number of rotatable bonds is 5. The molecule has 144 valence electrons.